The Labute approximate surface area is 47.0 Å². The van der Waals surface area contributed by atoms with E-state index in [4.69, 9.17) is 0 Å². The van der Waals surface area contributed by atoms with Crippen molar-refractivity contribution >= 4 is 11.1 Å². The molecule has 0 amide bonds. The topological polar surface area (TPSA) is 89.6 Å². The third-order valence-electron chi connectivity index (χ3n) is 0.513. The summed E-state index contributed by atoms with van der Waals surface area (Å²) in [4.78, 5) is 0. The van der Waals surface area contributed by atoms with Crippen LogP contribution in [0.25, 0.3) is 0 Å². The smallest absolute Gasteiger partial charge is 0.246 e. The molecule has 6 nitrogen and oxygen atoms in total. The molecule has 1 heterocycles. The molecule has 1 atom stereocenters. The first-order chi connectivity index (χ1) is 3.80. The molecular formula is CHN4O2S-. The first-order valence-electron chi connectivity index (χ1n) is 1.69. The molecule has 0 spiro atoms. The fourth-order valence-electron chi connectivity index (χ4n) is 0.235. The highest BCUT2D eigenvalue weighted by Gasteiger charge is 2.07. The predicted octanol–water partition coefficient (Wildman–Crippen LogP) is -0.0179. The summed E-state index contributed by atoms with van der Waals surface area (Å²) < 4.78 is 19.8. The molecule has 1 unspecified atom stereocenters. The summed E-state index contributed by atoms with van der Waals surface area (Å²) in [5.41, 5.74) is -1.10. The average molecular weight is 133 g/mol. The third-order valence-corrected chi connectivity index (χ3v) is 1.05. The molecule has 0 N–H and O–H groups in total. The van der Waals surface area contributed by atoms with Crippen LogP contribution in [0, 0.1) is 0 Å². The average Bonchev–Trinajstić information content (AvgIpc) is 2.12. The number of rotatable bonds is 1. The first kappa shape index (κ1) is 5.45. The molecule has 0 aromatic rings. The van der Waals surface area contributed by atoms with Crippen molar-refractivity contribution in [1.29, 1.82) is 0 Å². The van der Waals surface area contributed by atoms with Crippen molar-refractivity contribution < 1.29 is 8.76 Å². The lowest BCUT2D eigenvalue weighted by molar-refractivity contribution is 0.524. The van der Waals surface area contributed by atoms with E-state index in [1.807, 2.05) is 0 Å². The normalized spacial score (nSPS) is 22.1. The van der Waals surface area contributed by atoms with Gasteiger partial charge in [0.1, 0.15) is 0 Å². The highest BCUT2D eigenvalue weighted by Crippen LogP contribution is 2.05. The standard InChI is InChI=1S/CH2N4O2S/c6-8(7)1-2-4-5-3-1/h1H,(H,6,7)/p-1. The summed E-state index contributed by atoms with van der Waals surface area (Å²) in [5, 5.41) is 12.2. The van der Waals surface area contributed by atoms with Crippen molar-refractivity contribution in [3.63, 3.8) is 0 Å². The van der Waals surface area contributed by atoms with Gasteiger partial charge in [0.05, 0.1) is 0 Å². The molecule has 0 aromatic heterocycles. The molecule has 0 radical (unpaired) electrons. The minimum Gasteiger partial charge on any atom is -0.769 e. The Balaban J connectivity index is 2.62. The maximum absolute atomic E-state index is 9.89. The lowest BCUT2D eigenvalue weighted by Gasteiger charge is -2.01. The van der Waals surface area contributed by atoms with Crippen molar-refractivity contribution in [2.45, 2.75) is 5.50 Å². The van der Waals surface area contributed by atoms with Crippen LogP contribution in [0.1, 0.15) is 0 Å². The third kappa shape index (κ3) is 0.928. The molecule has 0 saturated carbocycles. The Bertz CT molecular complexity index is 151. The van der Waals surface area contributed by atoms with Gasteiger partial charge in [-0.2, -0.15) is 0 Å². The molecule has 8 heavy (non-hydrogen) atoms. The van der Waals surface area contributed by atoms with E-state index in [2.05, 4.69) is 20.7 Å². The molecule has 7 heteroatoms. The van der Waals surface area contributed by atoms with E-state index in [1.165, 1.54) is 0 Å². The maximum Gasteiger partial charge on any atom is 0.246 e. The SMILES string of the molecule is O=S([O-])C1N=NN=N1. The van der Waals surface area contributed by atoms with Gasteiger partial charge in [0.25, 0.3) is 0 Å². The van der Waals surface area contributed by atoms with Crippen LogP contribution in [0.5, 0.6) is 0 Å². The van der Waals surface area contributed by atoms with Gasteiger partial charge in [-0.15, -0.1) is 10.2 Å². The first-order valence-corrected chi connectivity index (χ1v) is 2.82. The molecule has 1 aliphatic rings. The molecule has 1 rings (SSSR count). The number of hydrogen-bond acceptors (Lipinski definition) is 6. The summed E-state index contributed by atoms with van der Waals surface area (Å²) >= 11 is -2.31. The van der Waals surface area contributed by atoms with Gasteiger partial charge in [-0.25, -0.2) is 0 Å². The van der Waals surface area contributed by atoms with Gasteiger partial charge >= 0.3 is 0 Å². The van der Waals surface area contributed by atoms with Gasteiger partial charge in [0.15, 0.2) is 0 Å². The summed E-state index contributed by atoms with van der Waals surface area (Å²) in [7, 11) is 0. The minimum absolute atomic E-state index is 1.10. The highest BCUT2D eigenvalue weighted by atomic mass is 32.2. The van der Waals surface area contributed by atoms with Crippen LogP contribution in [-0.4, -0.2) is 14.3 Å². The van der Waals surface area contributed by atoms with E-state index in [-0.39, 0.29) is 0 Å². The van der Waals surface area contributed by atoms with Crippen molar-refractivity contribution in [2.24, 2.45) is 20.7 Å². The summed E-state index contributed by atoms with van der Waals surface area (Å²) in [6.07, 6.45) is 0. The van der Waals surface area contributed by atoms with Gasteiger partial charge in [-0.1, -0.05) is 0 Å². The highest BCUT2D eigenvalue weighted by molar-refractivity contribution is 7.79. The van der Waals surface area contributed by atoms with E-state index in [0.717, 1.165) is 0 Å². The summed E-state index contributed by atoms with van der Waals surface area (Å²) in [6, 6.07) is 0. The Morgan fingerprint density at radius 3 is 2.12 bits per heavy atom. The molecule has 0 saturated heterocycles. The zero-order valence-electron chi connectivity index (χ0n) is 3.59. The van der Waals surface area contributed by atoms with E-state index in [1.54, 1.807) is 0 Å². The lowest BCUT2D eigenvalue weighted by Crippen LogP contribution is -2.04. The lowest BCUT2D eigenvalue weighted by atomic mass is 11.2. The van der Waals surface area contributed by atoms with E-state index < -0.39 is 16.6 Å². The molecule has 1 aliphatic heterocycles. The number of nitrogens with zero attached hydrogens (tertiary/aromatic N) is 4. The van der Waals surface area contributed by atoms with Crippen LogP contribution < -0.4 is 0 Å². The van der Waals surface area contributed by atoms with Crippen LogP contribution in [0.15, 0.2) is 20.7 Å². The van der Waals surface area contributed by atoms with Crippen LogP contribution in [0.2, 0.25) is 0 Å². The fourth-order valence-corrected chi connectivity index (χ4v) is 0.473. The second-order valence-electron chi connectivity index (χ2n) is 0.997. The second kappa shape index (κ2) is 2.05. The molecule has 44 valence electrons. The molecule has 0 aliphatic carbocycles. The number of hydrogen-bond donors (Lipinski definition) is 0. The Hall–Kier alpha value is -0.690. The predicted molar refractivity (Wildman–Crippen MR) is 22.4 cm³/mol. The van der Waals surface area contributed by atoms with Crippen molar-refractivity contribution in [2.75, 3.05) is 0 Å². The van der Waals surface area contributed by atoms with Gasteiger partial charge in [0, 0.05) is 0 Å². The van der Waals surface area contributed by atoms with E-state index in [0.29, 0.717) is 0 Å². The Kier molecular flexibility index (Phi) is 1.40. The molecule has 0 aromatic carbocycles. The van der Waals surface area contributed by atoms with Crippen molar-refractivity contribution in [3.8, 4) is 0 Å². The Morgan fingerprint density at radius 2 is 1.88 bits per heavy atom. The van der Waals surface area contributed by atoms with Gasteiger partial charge < -0.3 is 4.55 Å². The fraction of sp³-hybridized carbons (Fsp3) is 1.00. The van der Waals surface area contributed by atoms with Crippen LogP contribution >= 0.6 is 0 Å². The van der Waals surface area contributed by atoms with E-state index >= 15 is 0 Å². The summed E-state index contributed by atoms with van der Waals surface area (Å²) in [5.74, 6) is 0. The second-order valence-corrected chi connectivity index (χ2v) is 1.94. The van der Waals surface area contributed by atoms with Crippen molar-refractivity contribution in [1.82, 2.24) is 0 Å². The van der Waals surface area contributed by atoms with Crippen molar-refractivity contribution in [3.05, 3.63) is 0 Å². The van der Waals surface area contributed by atoms with Gasteiger partial charge in [0.2, 0.25) is 5.50 Å². The minimum atomic E-state index is -2.31. The quantitative estimate of drug-likeness (QED) is 0.470. The molecule has 0 bridgehead atoms. The Morgan fingerprint density at radius 1 is 1.38 bits per heavy atom. The maximum atomic E-state index is 9.89. The molecule has 0 fully saturated rings. The molecular weight excluding hydrogens is 132 g/mol. The van der Waals surface area contributed by atoms with Crippen LogP contribution in [0.3, 0.4) is 0 Å². The van der Waals surface area contributed by atoms with Crippen LogP contribution in [-0.2, 0) is 11.1 Å². The monoisotopic (exact) mass is 133 g/mol. The largest absolute Gasteiger partial charge is 0.769 e. The van der Waals surface area contributed by atoms with Gasteiger partial charge in [-0.05, 0) is 21.5 Å². The zero-order valence-corrected chi connectivity index (χ0v) is 4.41. The summed E-state index contributed by atoms with van der Waals surface area (Å²) in [6.45, 7) is 0. The zero-order chi connectivity index (χ0) is 5.98. The van der Waals surface area contributed by atoms with Crippen LogP contribution in [0.4, 0.5) is 0 Å². The van der Waals surface area contributed by atoms with Gasteiger partial charge in [-0.3, -0.25) is 4.21 Å². The van der Waals surface area contributed by atoms with E-state index in [9.17, 15) is 8.76 Å².